The molecule has 0 radical (unpaired) electrons. The molecule has 0 unspecified atom stereocenters. The number of benzene rings is 8. The zero-order valence-corrected chi connectivity index (χ0v) is 31.1. The van der Waals surface area contributed by atoms with Crippen molar-refractivity contribution in [2.45, 2.75) is 38.5 Å². The van der Waals surface area contributed by atoms with Crippen LogP contribution < -0.4 is 9.80 Å². The Balaban J connectivity index is 1.17. The van der Waals surface area contributed by atoms with Crippen molar-refractivity contribution in [1.29, 1.82) is 0 Å². The first-order chi connectivity index (χ1) is 26.2. The number of hydrogen-bond donors (Lipinski definition) is 0. The lowest BCUT2D eigenvalue weighted by Gasteiger charge is -2.52. The van der Waals surface area contributed by atoms with Gasteiger partial charge in [-0.3, -0.25) is 0 Å². The Morgan fingerprint density at radius 3 is 1.70 bits per heavy atom. The Morgan fingerprint density at radius 1 is 0.407 bits per heavy atom. The molecule has 0 N–H and O–H groups in total. The van der Waals surface area contributed by atoms with Crippen LogP contribution in [0.4, 0.5) is 34.1 Å². The molecule has 0 spiro atoms. The van der Waals surface area contributed by atoms with E-state index in [-0.39, 0.29) is 10.8 Å². The molecule has 54 heavy (non-hydrogen) atoms. The van der Waals surface area contributed by atoms with E-state index in [2.05, 4.69) is 195 Å². The molecule has 0 fully saturated rings. The first-order valence-corrected chi connectivity index (χ1v) is 19.0. The van der Waals surface area contributed by atoms with E-state index in [1.54, 1.807) is 0 Å². The minimum Gasteiger partial charge on any atom is -0.310 e. The molecule has 0 aromatic heterocycles. The molecule has 3 heterocycles. The van der Waals surface area contributed by atoms with Gasteiger partial charge >= 0.3 is 0 Å². The molecule has 11 rings (SSSR count). The maximum atomic E-state index is 4.86. The maximum absolute atomic E-state index is 4.86. The third-order valence-electron chi connectivity index (χ3n) is 12.6. The summed E-state index contributed by atoms with van der Waals surface area (Å²) in [6.45, 7) is 14.4. The summed E-state index contributed by atoms with van der Waals surface area (Å²) in [6, 6.07) is 58.6. The van der Waals surface area contributed by atoms with Gasteiger partial charge in [0.1, 0.15) is 0 Å². The fourth-order valence-corrected chi connectivity index (χ4v) is 9.75. The second-order valence-corrected chi connectivity index (χ2v) is 16.3. The lowest BCUT2D eigenvalue weighted by molar-refractivity contribution is 0.596. The first-order valence-electron chi connectivity index (χ1n) is 19.0. The number of anilines is 6. The minimum atomic E-state index is -0.260. The van der Waals surface area contributed by atoms with Gasteiger partial charge in [-0.2, -0.15) is 0 Å². The zero-order valence-electron chi connectivity index (χ0n) is 31.1. The predicted molar refractivity (Wildman–Crippen MR) is 229 cm³/mol. The normalized spacial score (nSPS) is 15.3. The zero-order chi connectivity index (χ0) is 36.5. The second kappa shape index (κ2) is 10.8. The standard InChI is InChI=1S/C52H40N2/c1-32-42-19-11-20-44-48(42)54-49-43(32)30-41(31-47(49)52(4,5)46-22-12-21-45(50(46)54)51(44,2)3)53(40-26-25-34-14-7-9-16-36(34)28-40)39-18-10-17-37(29-39)38-24-23-33-13-6-8-15-35(33)27-38/h6-31H,1H2,2-5H3. The molecule has 8 aromatic carbocycles. The Kier molecular flexibility index (Phi) is 6.26. The maximum Gasteiger partial charge on any atom is 0.0583 e. The molecular weight excluding hydrogens is 653 g/mol. The van der Waals surface area contributed by atoms with Crippen LogP contribution in [0.3, 0.4) is 0 Å². The van der Waals surface area contributed by atoms with Crippen molar-refractivity contribution in [3.05, 3.63) is 198 Å². The summed E-state index contributed by atoms with van der Waals surface area (Å²) in [5, 5.41) is 4.94. The van der Waals surface area contributed by atoms with Gasteiger partial charge in [-0.25, -0.2) is 0 Å². The van der Waals surface area contributed by atoms with Gasteiger partial charge in [0, 0.05) is 39.0 Å². The summed E-state index contributed by atoms with van der Waals surface area (Å²) in [4.78, 5) is 5.05. The van der Waals surface area contributed by atoms with Crippen molar-refractivity contribution < 1.29 is 0 Å². The SMILES string of the molecule is C=C1c2cccc3c2N2c4c1cc(N(c1cccc(-c5ccc6ccccc6c5)c1)c1ccc5ccccc5c1)cc4C(C)(C)c1cccc(c12)C3(C)C. The van der Waals surface area contributed by atoms with Gasteiger partial charge in [-0.05, 0) is 103 Å². The second-order valence-electron chi connectivity index (χ2n) is 16.3. The molecule has 258 valence electrons. The van der Waals surface area contributed by atoms with Crippen molar-refractivity contribution in [2.75, 3.05) is 9.80 Å². The van der Waals surface area contributed by atoms with E-state index in [1.165, 1.54) is 83.1 Å². The number of fused-ring (bicyclic) bond motifs is 2. The topological polar surface area (TPSA) is 6.48 Å². The highest BCUT2D eigenvalue weighted by molar-refractivity contribution is 6.08. The van der Waals surface area contributed by atoms with Gasteiger partial charge in [0.2, 0.25) is 0 Å². The smallest absolute Gasteiger partial charge is 0.0583 e. The molecule has 3 aliphatic heterocycles. The Hall–Kier alpha value is -6.38. The predicted octanol–water partition coefficient (Wildman–Crippen LogP) is 14.3. The summed E-state index contributed by atoms with van der Waals surface area (Å²) in [5.74, 6) is 0. The summed E-state index contributed by atoms with van der Waals surface area (Å²) >= 11 is 0. The van der Waals surface area contributed by atoms with Crippen LogP contribution in [-0.4, -0.2) is 0 Å². The molecule has 0 saturated carbocycles. The Bertz CT molecular complexity index is 2930. The lowest BCUT2D eigenvalue weighted by Crippen LogP contribution is -2.40. The third kappa shape index (κ3) is 4.17. The molecule has 0 amide bonds. The van der Waals surface area contributed by atoms with E-state index in [0.29, 0.717) is 0 Å². The van der Waals surface area contributed by atoms with E-state index >= 15 is 0 Å². The van der Waals surface area contributed by atoms with E-state index in [0.717, 1.165) is 22.6 Å². The van der Waals surface area contributed by atoms with Gasteiger partial charge in [-0.15, -0.1) is 0 Å². The summed E-state index contributed by atoms with van der Waals surface area (Å²) in [7, 11) is 0. The summed E-state index contributed by atoms with van der Waals surface area (Å²) in [5.41, 5.74) is 18.2. The van der Waals surface area contributed by atoms with Gasteiger partial charge < -0.3 is 9.80 Å². The molecule has 0 atom stereocenters. The highest BCUT2D eigenvalue weighted by atomic mass is 15.2. The first kappa shape index (κ1) is 31.2. The van der Waals surface area contributed by atoms with Crippen LogP contribution in [0.25, 0.3) is 38.2 Å². The number of para-hydroxylation sites is 2. The van der Waals surface area contributed by atoms with Crippen molar-refractivity contribution in [2.24, 2.45) is 0 Å². The number of rotatable bonds is 4. The van der Waals surface area contributed by atoms with Crippen LogP contribution in [0.1, 0.15) is 61.1 Å². The molecule has 2 nitrogen and oxygen atoms in total. The molecular formula is C52H40N2. The fraction of sp³-hybridized carbons (Fsp3) is 0.115. The quantitative estimate of drug-likeness (QED) is 0.181. The van der Waals surface area contributed by atoms with Gasteiger partial charge in [-0.1, -0.05) is 150 Å². The van der Waals surface area contributed by atoms with Crippen LogP contribution >= 0.6 is 0 Å². The Morgan fingerprint density at radius 2 is 0.963 bits per heavy atom. The van der Waals surface area contributed by atoms with Crippen LogP contribution in [0.5, 0.6) is 0 Å². The molecule has 2 heteroatoms. The summed E-state index contributed by atoms with van der Waals surface area (Å²) < 4.78 is 0. The van der Waals surface area contributed by atoms with Crippen molar-refractivity contribution >= 4 is 61.2 Å². The van der Waals surface area contributed by atoms with Crippen LogP contribution in [0.2, 0.25) is 0 Å². The average molecular weight is 693 g/mol. The molecule has 3 aliphatic rings. The number of hydrogen-bond acceptors (Lipinski definition) is 2. The highest BCUT2D eigenvalue weighted by Gasteiger charge is 2.49. The van der Waals surface area contributed by atoms with Gasteiger partial charge in [0.25, 0.3) is 0 Å². The summed E-state index contributed by atoms with van der Waals surface area (Å²) in [6.07, 6.45) is 0. The van der Waals surface area contributed by atoms with Crippen LogP contribution in [0.15, 0.2) is 164 Å². The Labute approximate surface area is 317 Å². The largest absolute Gasteiger partial charge is 0.310 e. The van der Waals surface area contributed by atoms with E-state index in [1.807, 2.05) is 0 Å². The fourth-order valence-electron chi connectivity index (χ4n) is 9.75. The molecule has 0 bridgehead atoms. The lowest BCUT2D eigenvalue weighted by atomic mass is 9.64. The van der Waals surface area contributed by atoms with E-state index in [4.69, 9.17) is 6.58 Å². The van der Waals surface area contributed by atoms with Crippen molar-refractivity contribution in [1.82, 2.24) is 0 Å². The third-order valence-corrected chi connectivity index (χ3v) is 12.6. The molecule has 0 aliphatic carbocycles. The van der Waals surface area contributed by atoms with E-state index < -0.39 is 0 Å². The van der Waals surface area contributed by atoms with Crippen LogP contribution in [-0.2, 0) is 10.8 Å². The highest BCUT2D eigenvalue weighted by Crippen LogP contribution is 2.65. The van der Waals surface area contributed by atoms with Crippen molar-refractivity contribution in [3.8, 4) is 11.1 Å². The van der Waals surface area contributed by atoms with Crippen molar-refractivity contribution in [3.63, 3.8) is 0 Å². The molecule has 0 saturated heterocycles. The average Bonchev–Trinajstić information content (AvgIpc) is 3.20. The van der Waals surface area contributed by atoms with E-state index in [9.17, 15) is 0 Å². The van der Waals surface area contributed by atoms with Crippen LogP contribution in [0, 0.1) is 0 Å². The van der Waals surface area contributed by atoms with Gasteiger partial charge in [0.15, 0.2) is 0 Å². The van der Waals surface area contributed by atoms with Gasteiger partial charge in [0.05, 0.1) is 17.1 Å². The number of nitrogens with zero attached hydrogens (tertiary/aromatic N) is 2. The minimum absolute atomic E-state index is 0.137. The monoisotopic (exact) mass is 692 g/mol. The molecule has 8 aromatic rings.